The number of rotatable bonds is 9. The van der Waals surface area contributed by atoms with Crippen LogP contribution in [0.4, 0.5) is 10.6 Å². The minimum atomic E-state index is -0.988. The van der Waals surface area contributed by atoms with Gasteiger partial charge >= 0.3 is 6.09 Å². The fourth-order valence-corrected chi connectivity index (χ4v) is 4.18. The summed E-state index contributed by atoms with van der Waals surface area (Å²) in [6.45, 7) is 7.77. The first-order chi connectivity index (χ1) is 18.2. The molecule has 2 N–H and O–H groups in total. The van der Waals surface area contributed by atoms with Gasteiger partial charge in [-0.15, -0.1) is 0 Å². The summed E-state index contributed by atoms with van der Waals surface area (Å²) in [5, 5.41) is 13.5. The summed E-state index contributed by atoms with van der Waals surface area (Å²) in [6.07, 6.45) is 2.07. The van der Waals surface area contributed by atoms with E-state index in [9.17, 15) is 14.7 Å². The molecule has 38 heavy (non-hydrogen) atoms. The van der Waals surface area contributed by atoms with E-state index in [0.29, 0.717) is 35.7 Å². The van der Waals surface area contributed by atoms with Crippen LogP contribution in [0.3, 0.4) is 0 Å². The molecule has 0 unspecified atom stereocenters. The number of pyridine rings is 1. The fraction of sp³-hybridized carbons (Fsp3) is 0.423. The molecule has 12 heteroatoms. The average molecular weight is 525 g/mol. The lowest BCUT2D eigenvalue weighted by molar-refractivity contribution is 0.0510. The van der Waals surface area contributed by atoms with E-state index in [2.05, 4.69) is 20.3 Å². The van der Waals surface area contributed by atoms with Crippen molar-refractivity contribution in [2.24, 2.45) is 4.99 Å². The molecule has 0 aliphatic carbocycles. The molecule has 0 bridgehead atoms. The maximum atomic E-state index is 12.7. The second-order valence-electron chi connectivity index (χ2n) is 9.56. The third-order valence-electron chi connectivity index (χ3n) is 6.00. The predicted octanol–water partition coefficient (Wildman–Crippen LogP) is 2.78. The number of nitrogens with zero attached hydrogens (tertiary/aromatic N) is 5. The molecular formula is C26H32N6O6. The van der Waals surface area contributed by atoms with Crippen LogP contribution in [0.2, 0.25) is 0 Å². The van der Waals surface area contributed by atoms with Gasteiger partial charge < -0.3 is 29.5 Å². The van der Waals surface area contributed by atoms with Crippen molar-refractivity contribution < 1.29 is 28.9 Å². The van der Waals surface area contributed by atoms with Crippen molar-refractivity contribution in [3.8, 4) is 11.5 Å². The Morgan fingerprint density at radius 2 is 2.03 bits per heavy atom. The Labute approximate surface area is 219 Å². The Morgan fingerprint density at radius 3 is 2.71 bits per heavy atom. The van der Waals surface area contributed by atoms with Crippen molar-refractivity contribution in [1.82, 2.24) is 19.4 Å². The smallest absolute Gasteiger partial charge is 0.407 e. The summed E-state index contributed by atoms with van der Waals surface area (Å²) in [7, 11) is 1.53. The van der Waals surface area contributed by atoms with Gasteiger partial charge in [-0.1, -0.05) is 0 Å². The third kappa shape index (κ3) is 5.86. The van der Waals surface area contributed by atoms with E-state index < -0.39 is 17.5 Å². The molecular weight excluding hydrogens is 492 g/mol. The van der Waals surface area contributed by atoms with Crippen LogP contribution in [-0.4, -0.2) is 82.1 Å². The zero-order valence-corrected chi connectivity index (χ0v) is 21.9. The van der Waals surface area contributed by atoms with Gasteiger partial charge in [0.05, 0.1) is 25.9 Å². The molecule has 0 saturated heterocycles. The van der Waals surface area contributed by atoms with E-state index in [-0.39, 0.29) is 32.0 Å². The van der Waals surface area contributed by atoms with E-state index in [1.807, 2.05) is 31.4 Å². The van der Waals surface area contributed by atoms with Gasteiger partial charge in [0, 0.05) is 43.0 Å². The Bertz CT molecular complexity index is 1380. The van der Waals surface area contributed by atoms with E-state index in [4.69, 9.17) is 14.2 Å². The number of carbonyl (C=O) groups excluding carboxylic acids is 1. The van der Waals surface area contributed by atoms with Gasteiger partial charge in [0.15, 0.2) is 11.5 Å². The first kappa shape index (κ1) is 26.9. The number of anilines is 1. The molecule has 1 aromatic carbocycles. The van der Waals surface area contributed by atoms with Crippen LogP contribution in [0.25, 0.3) is 10.9 Å². The summed E-state index contributed by atoms with van der Waals surface area (Å²) >= 11 is 0. The molecule has 1 aliphatic rings. The summed E-state index contributed by atoms with van der Waals surface area (Å²) in [4.78, 5) is 38.5. The molecule has 0 atom stereocenters. The van der Waals surface area contributed by atoms with Gasteiger partial charge in [0.1, 0.15) is 17.9 Å². The molecule has 0 spiro atoms. The third-order valence-corrected chi connectivity index (χ3v) is 6.00. The number of carbonyl (C=O) groups is 2. The number of carboxylic acid groups (broad SMARTS) is 1. The number of amides is 2. The Kier molecular flexibility index (Phi) is 8.10. The van der Waals surface area contributed by atoms with Crippen LogP contribution >= 0.6 is 0 Å². The lowest BCUT2D eigenvalue weighted by Gasteiger charge is -2.32. The van der Waals surface area contributed by atoms with Crippen molar-refractivity contribution in [1.29, 1.82) is 0 Å². The second kappa shape index (κ2) is 11.5. The quantitative estimate of drug-likeness (QED) is 0.404. The van der Waals surface area contributed by atoms with Crippen molar-refractivity contribution in [2.75, 3.05) is 45.3 Å². The SMILES string of the molecule is COc1c(OCCOCCN(C(=O)O)C(C)(C)C)ccc2c3n(c(=NC(=O)c4cccnc4)nc12)CCN3. The largest absolute Gasteiger partial charge is 0.491 e. The molecule has 3 aromatic rings. The van der Waals surface area contributed by atoms with E-state index >= 15 is 0 Å². The Balaban J connectivity index is 1.52. The van der Waals surface area contributed by atoms with Crippen LogP contribution < -0.4 is 20.4 Å². The maximum absolute atomic E-state index is 12.7. The number of fused-ring (bicyclic) bond motifs is 3. The van der Waals surface area contributed by atoms with E-state index in [0.717, 1.165) is 11.2 Å². The van der Waals surface area contributed by atoms with Crippen molar-refractivity contribution >= 4 is 28.7 Å². The zero-order chi connectivity index (χ0) is 27.3. The zero-order valence-electron chi connectivity index (χ0n) is 21.9. The van der Waals surface area contributed by atoms with Gasteiger partial charge in [0.2, 0.25) is 5.62 Å². The molecule has 3 heterocycles. The Hall–Kier alpha value is -4.19. The molecule has 0 radical (unpaired) electrons. The van der Waals surface area contributed by atoms with Gasteiger partial charge in [-0.3, -0.25) is 14.3 Å². The first-order valence-corrected chi connectivity index (χ1v) is 12.3. The lowest BCUT2D eigenvalue weighted by atomic mass is 10.1. The van der Waals surface area contributed by atoms with Gasteiger partial charge in [-0.05, 0) is 45.0 Å². The van der Waals surface area contributed by atoms with Crippen LogP contribution in [0.5, 0.6) is 11.5 Å². The molecule has 4 rings (SSSR count). The summed E-state index contributed by atoms with van der Waals surface area (Å²) in [5.41, 5.74) is 0.615. The van der Waals surface area contributed by atoms with Crippen molar-refractivity contribution in [3.05, 3.63) is 47.8 Å². The van der Waals surface area contributed by atoms with E-state index in [1.165, 1.54) is 18.2 Å². The van der Waals surface area contributed by atoms with Crippen molar-refractivity contribution in [3.63, 3.8) is 0 Å². The normalized spacial score (nSPS) is 13.2. The second-order valence-corrected chi connectivity index (χ2v) is 9.56. The summed E-state index contributed by atoms with van der Waals surface area (Å²) in [5.74, 6) is 1.23. The first-order valence-electron chi connectivity index (χ1n) is 12.3. The van der Waals surface area contributed by atoms with Crippen LogP contribution in [0, 0.1) is 0 Å². The fourth-order valence-electron chi connectivity index (χ4n) is 4.18. The molecule has 12 nitrogen and oxygen atoms in total. The highest BCUT2D eigenvalue weighted by Crippen LogP contribution is 2.37. The summed E-state index contributed by atoms with van der Waals surface area (Å²) < 4.78 is 19.0. The lowest BCUT2D eigenvalue weighted by Crippen LogP contribution is -2.46. The van der Waals surface area contributed by atoms with Crippen LogP contribution in [-0.2, 0) is 11.3 Å². The average Bonchev–Trinajstić information content (AvgIpc) is 3.38. The predicted molar refractivity (Wildman–Crippen MR) is 140 cm³/mol. The number of hydrogen-bond donors (Lipinski definition) is 2. The minimum Gasteiger partial charge on any atom is -0.491 e. The molecule has 202 valence electrons. The number of benzene rings is 1. The highest BCUT2D eigenvalue weighted by atomic mass is 16.5. The van der Waals surface area contributed by atoms with Crippen LogP contribution in [0.15, 0.2) is 41.7 Å². The van der Waals surface area contributed by atoms with E-state index in [1.54, 1.807) is 24.4 Å². The standard InChI is InChI=1S/C26H32N6O6/c1-26(2,3)32(25(34)35)12-13-37-14-15-38-19-8-7-18-20(21(19)36-4)29-24(31-11-10-28-22(18)31)30-23(33)17-6-5-9-27-16-17/h5-9,16,28H,10-15H2,1-4H3,(H,34,35). The highest BCUT2D eigenvalue weighted by molar-refractivity contribution is 5.96. The topological polar surface area (TPSA) is 140 Å². The number of methoxy groups -OCH3 is 1. The molecule has 2 aromatic heterocycles. The molecule has 1 aliphatic heterocycles. The van der Waals surface area contributed by atoms with Gasteiger partial charge in [0.25, 0.3) is 5.91 Å². The minimum absolute atomic E-state index is 0.221. The van der Waals surface area contributed by atoms with Gasteiger partial charge in [-0.2, -0.15) is 4.99 Å². The van der Waals surface area contributed by atoms with Gasteiger partial charge in [-0.25, -0.2) is 9.78 Å². The number of nitrogens with one attached hydrogen (secondary N) is 1. The maximum Gasteiger partial charge on any atom is 0.407 e. The molecule has 0 saturated carbocycles. The Morgan fingerprint density at radius 1 is 1.21 bits per heavy atom. The highest BCUT2D eigenvalue weighted by Gasteiger charge is 2.25. The molecule has 2 amide bonds. The number of aromatic nitrogens is 3. The number of ether oxygens (including phenoxy) is 3. The van der Waals surface area contributed by atoms with Crippen LogP contribution in [0.1, 0.15) is 31.1 Å². The van der Waals surface area contributed by atoms with Crippen molar-refractivity contribution in [2.45, 2.75) is 32.9 Å². The summed E-state index contributed by atoms with van der Waals surface area (Å²) in [6, 6.07) is 7.01. The monoisotopic (exact) mass is 524 g/mol. The molecule has 0 fully saturated rings. The number of hydrogen-bond acceptors (Lipinski definition) is 8.